The summed E-state index contributed by atoms with van der Waals surface area (Å²) < 4.78 is 1.84. The van der Waals surface area contributed by atoms with Gasteiger partial charge >= 0.3 is 0 Å². The highest BCUT2D eigenvalue weighted by Gasteiger charge is 2.11. The van der Waals surface area contributed by atoms with E-state index in [9.17, 15) is 5.26 Å². The second-order valence-electron chi connectivity index (χ2n) is 4.61. The van der Waals surface area contributed by atoms with Gasteiger partial charge in [-0.05, 0) is 24.6 Å². The fraction of sp³-hybridized carbons (Fsp3) is 0.125. The van der Waals surface area contributed by atoms with E-state index in [0.29, 0.717) is 12.1 Å². The normalized spacial score (nSPS) is 10.5. The van der Waals surface area contributed by atoms with Crippen molar-refractivity contribution in [2.45, 2.75) is 13.3 Å². The van der Waals surface area contributed by atoms with Crippen LogP contribution in [0.2, 0.25) is 0 Å². The van der Waals surface area contributed by atoms with Crippen molar-refractivity contribution in [3.8, 4) is 6.07 Å². The molecule has 0 aliphatic heterocycles. The molecule has 3 heteroatoms. The number of aryl methyl sites for hydroxylation is 1. The topological polar surface area (TPSA) is 41.1 Å². The highest BCUT2D eigenvalue weighted by Crippen LogP contribution is 2.16. The Morgan fingerprint density at radius 3 is 2.68 bits per heavy atom. The molecule has 0 unspecified atom stereocenters. The van der Waals surface area contributed by atoms with Gasteiger partial charge in [0.05, 0.1) is 5.69 Å². The van der Waals surface area contributed by atoms with Crippen LogP contribution in [0, 0.1) is 18.3 Å². The van der Waals surface area contributed by atoms with Crippen molar-refractivity contribution in [2.24, 2.45) is 0 Å². The lowest BCUT2D eigenvalue weighted by molar-refractivity contribution is 1.09. The van der Waals surface area contributed by atoms with E-state index in [1.807, 2.05) is 28.8 Å². The molecule has 0 saturated heterocycles. The molecule has 2 heterocycles. The summed E-state index contributed by atoms with van der Waals surface area (Å²) in [4.78, 5) is 4.54. The molecule has 0 spiro atoms. The molecule has 3 nitrogen and oxygen atoms in total. The van der Waals surface area contributed by atoms with Gasteiger partial charge in [0.15, 0.2) is 0 Å². The van der Waals surface area contributed by atoms with Crippen molar-refractivity contribution >= 4 is 5.65 Å². The molecule has 2 aromatic heterocycles. The smallest absolute Gasteiger partial charge is 0.148 e. The molecule has 0 radical (unpaired) electrons. The zero-order chi connectivity index (χ0) is 13.2. The Balaban J connectivity index is 2.05. The third-order valence-corrected chi connectivity index (χ3v) is 3.20. The number of nitrogens with zero attached hydrogens (tertiary/aromatic N) is 3. The highest BCUT2D eigenvalue weighted by atomic mass is 15.0. The largest absolute Gasteiger partial charge is 0.291 e. The van der Waals surface area contributed by atoms with Gasteiger partial charge in [-0.3, -0.25) is 4.40 Å². The van der Waals surface area contributed by atoms with Gasteiger partial charge in [-0.15, -0.1) is 0 Å². The maximum atomic E-state index is 9.32. The molecule has 0 aliphatic rings. The predicted molar refractivity (Wildman–Crippen MR) is 73.9 cm³/mol. The summed E-state index contributed by atoms with van der Waals surface area (Å²) in [6.07, 6.45) is 2.56. The van der Waals surface area contributed by atoms with E-state index in [4.69, 9.17) is 0 Å². The van der Waals surface area contributed by atoms with Crippen LogP contribution in [0.5, 0.6) is 0 Å². The molecule has 0 amide bonds. The monoisotopic (exact) mass is 247 g/mol. The molecule has 0 fully saturated rings. The van der Waals surface area contributed by atoms with E-state index >= 15 is 0 Å². The third kappa shape index (κ3) is 2.09. The van der Waals surface area contributed by atoms with Gasteiger partial charge in [-0.25, -0.2) is 4.98 Å². The molecule has 0 bridgehead atoms. The highest BCUT2D eigenvalue weighted by molar-refractivity contribution is 5.48. The van der Waals surface area contributed by atoms with Crippen LogP contribution in [0.3, 0.4) is 0 Å². The number of hydrogen-bond donors (Lipinski definition) is 0. The van der Waals surface area contributed by atoms with Crippen LogP contribution in [0.1, 0.15) is 22.5 Å². The van der Waals surface area contributed by atoms with Gasteiger partial charge in [-0.2, -0.15) is 5.26 Å². The molecule has 0 N–H and O–H groups in total. The standard InChI is InChI=1S/C16H13N3/c1-12-5-7-13(8-6-12)10-14-15(11-17)19-9-3-2-4-16(19)18-14/h2-9H,10H2,1H3. The first kappa shape index (κ1) is 11.5. The summed E-state index contributed by atoms with van der Waals surface area (Å²) in [5.41, 5.74) is 4.68. The van der Waals surface area contributed by atoms with Gasteiger partial charge in [0, 0.05) is 12.6 Å². The lowest BCUT2D eigenvalue weighted by Crippen LogP contribution is -1.93. The van der Waals surface area contributed by atoms with Crippen molar-refractivity contribution in [2.75, 3.05) is 0 Å². The van der Waals surface area contributed by atoms with E-state index < -0.39 is 0 Å². The summed E-state index contributed by atoms with van der Waals surface area (Å²) in [5.74, 6) is 0. The zero-order valence-electron chi connectivity index (χ0n) is 10.7. The second-order valence-corrected chi connectivity index (χ2v) is 4.61. The van der Waals surface area contributed by atoms with E-state index in [0.717, 1.165) is 11.3 Å². The number of nitriles is 1. The van der Waals surface area contributed by atoms with Gasteiger partial charge in [0.25, 0.3) is 0 Å². The third-order valence-electron chi connectivity index (χ3n) is 3.20. The summed E-state index contributed by atoms with van der Waals surface area (Å²) in [6.45, 7) is 2.06. The number of rotatable bonds is 2. The molecule has 3 rings (SSSR count). The minimum absolute atomic E-state index is 0.621. The van der Waals surface area contributed by atoms with Gasteiger partial charge < -0.3 is 0 Å². The zero-order valence-corrected chi connectivity index (χ0v) is 10.7. The fourth-order valence-electron chi connectivity index (χ4n) is 2.19. The van der Waals surface area contributed by atoms with Crippen molar-refractivity contribution in [1.82, 2.24) is 9.38 Å². The minimum Gasteiger partial charge on any atom is -0.291 e. The summed E-state index contributed by atoms with van der Waals surface area (Å²) in [6, 6.07) is 16.3. The van der Waals surface area contributed by atoms with Crippen LogP contribution in [-0.4, -0.2) is 9.38 Å². The first-order valence-electron chi connectivity index (χ1n) is 6.19. The summed E-state index contributed by atoms with van der Waals surface area (Å²) >= 11 is 0. The average molecular weight is 247 g/mol. The molecule has 92 valence electrons. The van der Waals surface area contributed by atoms with Crippen LogP contribution in [0.25, 0.3) is 5.65 Å². The number of pyridine rings is 1. The van der Waals surface area contributed by atoms with Gasteiger partial charge in [0.2, 0.25) is 0 Å². The van der Waals surface area contributed by atoms with Crippen LogP contribution < -0.4 is 0 Å². The van der Waals surface area contributed by atoms with E-state index in [1.165, 1.54) is 11.1 Å². The molecule has 1 aromatic carbocycles. The minimum atomic E-state index is 0.621. The lowest BCUT2D eigenvalue weighted by Gasteiger charge is -1.99. The Kier molecular flexibility index (Phi) is 2.77. The molecular formula is C16H13N3. The molecule has 3 aromatic rings. The number of fused-ring (bicyclic) bond motifs is 1. The van der Waals surface area contributed by atoms with E-state index in [2.05, 4.69) is 42.2 Å². The SMILES string of the molecule is Cc1ccc(Cc2nc3ccccn3c2C#N)cc1. The first-order valence-corrected chi connectivity index (χ1v) is 6.19. The number of benzene rings is 1. The van der Waals surface area contributed by atoms with Crippen molar-refractivity contribution in [3.05, 3.63) is 71.2 Å². The molecule has 0 aliphatic carbocycles. The predicted octanol–water partition coefficient (Wildman–Crippen LogP) is 3.11. The maximum Gasteiger partial charge on any atom is 0.148 e. The Bertz CT molecular complexity index is 761. The lowest BCUT2D eigenvalue weighted by atomic mass is 10.1. The second kappa shape index (κ2) is 4.58. The summed E-state index contributed by atoms with van der Waals surface area (Å²) in [7, 11) is 0. The van der Waals surface area contributed by atoms with Crippen molar-refractivity contribution in [1.29, 1.82) is 5.26 Å². The fourth-order valence-corrected chi connectivity index (χ4v) is 2.19. The molecule has 19 heavy (non-hydrogen) atoms. The Morgan fingerprint density at radius 1 is 1.16 bits per heavy atom. The van der Waals surface area contributed by atoms with Gasteiger partial charge in [-0.1, -0.05) is 35.9 Å². The molecule has 0 saturated carbocycles. The van der Waals surface area contributed by atoms with E-state index in [-0.39, 0.29) is 0 Å². The Morgan fingerprint density at radius 2 is 1.95 bits per heavy atom. The maximum absolute atomic E-state index is 9.32. The number of imidazole rings is 1. The Hall–Kier alpha value is -2.60. The van der Waals surface area contributed by atoms with Crippen molar-refractivity contribution < 1.29 is 0 Å². The van der Waals surface area contributed by atoms with Crippen LogP contribution >= 0.6 is 0 Å². The first-order chi connectivity index (χ1) is 9.28. The molecule has 0 atom stereocenters. The summed E-state index contributed by atoms with van der Waals surface area (Å²) in [5, 5.41) is 9.32. The van der Waals surface area contributed by atoms with Crippen LogP contribution in [0.4, 0.5) is 0 Å². The van der Waals surface area contributed by atoms with E-state index in [1.54, 1.807) is 0 Å². The number of aromatic nitrogens is 2. The number of hydrogen-bond acceptors (Lipinski definition) is 2. The quantitative estimate of drug-likeness (QED) is 0.698. The molecular weight excluding hydrogens is 234 g/mol. The van der Waals surface area contributed by atoms with Crippen LogP contribution in [-0.2, 0) is 6.42 Å². The van der Waals surface area contributed by atoms with Crippen molar-refractivity contribution in [3.63, 3.8) is 0 Å². The average Bonchev–Trinajstić information content (AvgIpc) is 2.78. The Labute approximate surface area is 111 Å². The van der Waals surface area contributed by atoms with Crippen LogP contribution in [0.15, 0.2) is 48.7 Å². The van der Waals surface area contributed by atoms with Gasteiger partial charge in [0.1, 0.15) is 17.4 Å².